The highest BCUT2D eigenvalue weighted by atomic mass is 16.5. The Balaban J connectivity index is 1.93. The molecule has 1 fully saturated rings. The van der Waals surface area contributed by atoms with Gasteiger partial charge >= 0.3 is 5.97 Å². The molecular formula is C17H20N2O6. The normalized spacial score (nSPS) is 20.2. The predicted octanol–water partition coefficient (Wildman–Crippen LogP) is 1.11. The van der Waals surface area contributed by atoms with E-state index in [9.17, 15) is 19.5 Å². The number of benzene rings is 1. The van der Waals surface area contributed by atoms with Crippen LogP contribution in [0.25, 0.3) is 0 Å². The number of para-hydroxylation sites is 1. The number of carboxylic acid groups (broad SMARTS) is 1. The first kappa shape index (κ1) is 17.2. The number of hydrogen-bond donors (Lipinski definition) is 2. The lowest BCUT2D eigenvalue weighted by Crippen LogP contribution is -2.46. The average molecular weight is 348 g/mol. The van der Waals surface area contributed by atoms with Gasteiger partial charge in [0.05, 0.1) is 11.3 Å². The van der Waals surface area contributed by atoms with Gasteiger partial charge in [-0.2, -0.15) is 0 Å². The van der Waals surface area contributed by atoms with Crippen molar-refractivity contribution in [3.05, 3.63) is 23.8 Å². The fourth-order valence-electron chi connectivity index (χ4n) is 3.06. The third kappa shape index (κ3) is 3.58. The molecule has 1 aromatic carbocycles. The Labute approximate surface area is 144 Å². The zero-order chi connectivity index (χ0) is 18.0. The second kappa shape index (κ2) is 7.10. The molecule has 25 heavy (non-hydrogen) atoms. The maximum atomic E-state index is 13.1. The summed E-state index contributed by atoms with van der Waals surface area (Å²) in [6.07, 6.45) is 0.446. The van der Waals surface area contributed by atoms with Crippen molar-refractivity contribution >= 4 is 23.5 Å². The van der Waals surface area contributed by atoms with E-state index < -0.39 is 24.5 Å². The molecule has 0 saturated carbocycles. The molecule has 0 spiro atoms. The molecule has 0 aromatic heterocycles. The molecule has 1 aromatic rings. The van der Waals surface area contributed by atoms with Crippen LogP contribution >= 0.6 is 0 Å². The van der Waals surface area contributed by atoms with Gasteiger partial charge in [0.25, 0.3) is 11.8 Å². The maximum Gasteiger partial charge on any atom is 0.323 e. The van der Waals surface area contributed by atoms with E-state index >= 15 is 0 Å². The van der Waals surface area contributed by atoms with Crippen LogP contribution in [0.3, 0.4) is 0 Å². The van der Waals surface area contributed by atoms with Gasteiger partial charge in [-0.05, 0) is 31.9 Å². The Morgan fingerprint density at radius 3 is 2.72 bits per heavy atom. The minimum absolute atomic E-state index is 0.205. The van der Waals surface area contributed by atoms with Crippen LogP contribution in [-0.2, 0) is 14.3 Å². The second-order valence-corrected chi connectivity index (χ2v) is 6.10. The monoisotopic (exact) mass is 348 g/mol. The van der Waals surface area contributed by atoms with E-state index in [4.69, 9.17) is 9.47 Å². The summed E-state index contributed by atoms with van der Waals surface area (Å²) in [4.78, 5) is 37.4. The lowest BCUT2D eigenvalue weighted by atomic mass is 10.0. The number of carbonyl (C=O) groups is 3. The van der Waals surface area contributed by atoms with E-state index in [0.717, 1.165) is 0 Å². The molecule has 2 aliphatic heterocycles. The molecule has 3 rings (SSSR count). The van der Waals surface area contributed by atoms with Crippen LogP contribution in [0.4, 0.5) is 5.69 Å². The number of amides is 2. The molecule has 1 atom stereocenters. The second-order valence-electron chi connectivity index (χ2n) is 6.10. The van der Waals surface area contributed by atoms with Crippen molar-refractivity contribution in [3.63, 3.8) is 0 Å². The molecule has 0 aliphatic carbocycles. The number of carboxylic acids is 1. The van der Waals surface area contributed by atoms with Crippen molar-refractivity contribution in [1.29, 1.82) is 0 Å². The van der Waals surface area contributed by atoms with E-state index in [1.54, 1.807) is 25.1 Å². The van der Waals surface area contributed by atoms with Gasteiger partial charge in [-0.25, -0.2) is 0 Å². The van der Waals surface area contributed by atoms with Crippen LogP contribution < -0.4 is 10.1 Å². The van der Waals surface area contributed by atoms with Crippen LogP contribution in [0.5, 0.6) is 5.75 Å². The molecule has 0 bridgehead atoms. The Bertz CT molecular complexity index is 698. The molecule has 1 saturated heterocycles. The highest BCUT2D eigenvalue weighted by molar-refractivity contribution is 6.04. The summed E-state index contributed by atoms with van der Waals surface area (Å²) < 4.78 is 10.9. The van der Waals surface area contributed by atoms with Crippen molar-refractivity contribution in [2.24, 2.45) is 0 Å². The van der Waals surface area contributed by atoms with E-state index in [0.29, 0.717) is 31.7 Å². The van der Waals surface area contributed by atoms with Crippen LogP contribution in [0, 0.1) is 0 Å². The lowest BCUT2D eigenvalue weighted by molar-refractivity contribution is -0.138. The predicted molar refractivity (Wildman–Crippen MR) is 87.7 cm³/mol. The minimum atomic E-state index is -1.08. The number of ether oxygens (including phenoxy) is 2. The number of nitrogens with one attached hydrogen (secondary N) is 1. The lowest BCUT2D eigenvalue weighted by Gasteiger charge is -2.34. The van der Waals surface area contributed by atoms with Crippen LogP contribution in [0.2, 0.25) is 0 Å². The summed E-state index contributed by atoms with van der Waals surface area (Å²) in [5.74, 6) is -1.51. The van der Waals surface area contributed by atoms with Crippen molar-refractivity contribution in [1.82, 2.24) is 4.90 Å². The number of carbonyl (C=O) groups excluding carboxylic acids is 2. The summed E-state index contributed by atoms with van der Waals surface area (Å²) in [7, 11) is 0. The van der Waals surface area contributed by atoms with Crippen LogP contribution in [0.1, 0.15) is 30.1 Å². The molecule has 134 valence electrons. The van der Waals surface area contributed by atoms with E-state index in [1.165, 1.54) is 4.90 Å². The van der Waals surface area contributed by atoms with Gasteiger partial charge in [0, 0.05) is 19.3 Å². The first-order valence-corrected chi connectivity index (χ1v) is 8.18. The standard InChI is InChI=1S/C17H20N2O6/c1-10-16(22)18-13-4-2-3-12(15(13)25-10)17(23)19(9-14(20)21)11-5-7-24-8-6-11/h2-4,10-11H,5-9H2,1H3,(H,18,22)(H,20,21). The van der Waals surface area contributed by atoms with Gasteiger partial charge in [-0.15, -0.1) is 0 Å². The molecule has 2 aliphatic rings. The number of rotatable bonds is 4. The number of nitrogens with zero attached hydrogens (tertiary/aromatic N) is 1. The summed E-state index contributed by atoms with van der Waals surface area (Å²) in [6.45, 7) is 2.18. The highest BCUT2D eigenvalue weighted by Crippen LogP contribution is 2.34. The summed E-state index contributed by atoms with van der Waals surface area (Å²) in [5, 5.41) is 11.9. The zero-order valence-corrected chi connectivity index (χ0v) is 13.9. The third-order valence-corrected chi connectivity index (χ3v) is 4.37. The van der Waals surface area contributed by atoms with Crippen molar-refractivity contribution in [2.75, 3.05) is 25.1 Å². The highest BCUT2D eigenvalue weighted by Gasteiger charge is 2.33. The molecule has 8 nitrogen and oxygen atoms in total. The molecule has 2 N–H and O–H groups in total. The molecule has 2 amide bonds. The van der Waals surface area contributed by atoms with Gasteiger partial charge in [-0.3, -0.25) is 14.4 Å². The van der Waals surface area contributed by atoms with Gasteiger partial charge < -0.3 is 24.8 Å². The van der Waals surface area contributed by atoms with Gasteiger partial charge in [-0.1, -0.05) is 6.07 Å². The molecule has 0 radical (unpaired) electrons. The summed E-state index contributed by atoms with van der Waals surface area (Å²) >= 11 is 0. The first-order chi connectivity index (χ1) is 12.0. The largest absolute Gasteiger partial charge is 0.480 e. The Morgan fingerprint density at radius 2 is 2.04 bits per heavy atom. The zero-order valence-electron chi connectivity index (χ0n) is 13.9. The number of anilines is 1. The van der Waals surface area contributed by atoms with E-state index in [-0.39, 0.29) is 23.3 Å². The number of aliphatic carboxylic acids is 1. The fraction of sp³-hybridized carbons (Fsp3) is 0.471. The quantitative estimate of drug-likeness (QED) is 0.844. The van der Waals surface area contributed by atoms with Crippen LogP contribution in [-0.4, -0.2) is 59.7 Å². The third-order valence-electron chi connectivity index (χ3n) is 4.37. The molecule has 2 heterocycles. The van der Waals surface area contributed by atoms with Crippen molar-refractivity contribution < 1.29 is 29.0 Å². The maximum absolute atomic E-state index is 13.1. The Morgan fingerprint density at radius 1 is 1.32 bits per heavy atom. The molecule has 1 unspecified atom stereocenters. The van der Waals surface area contributed by atoms with Crippen LogP contribution in [0.15, 0.2) is 18.2 Å². The van der Waals surface area contributed by atoms with Gasteiger partial charge in [0.15, 0.2) is 11.9 Å². The Kier molecular flexibility index (Phi) is 4.89. The Hall–Kier alpha value is -2.61. The minimum Gasteiger partial charge on any atom is -0.480 e. The molecular weight excluding hydrogens is 328 g/mol. The van der Waals surface area contributed by atoms with E-state index in [2.05, 4.69) is 5.32 Å². The summed E-state index contributed by atoms with van der Waals surface area (Å²) in [6, 6.07) is 4.66. The van der Waals surface area contributed by atoms with Gasteiger partial charge in [0.1, 0.15) is 6.54 Å². The van der Waals surface area contributed by atoms with Crippen molar-refractivity contribution in [3.8, 4) is 5.75 Å². The average Bonchev–Trinajstić information content (AvgIpc) is 2.60. The first-order valence-electron chi connectivity index (χ1n) is 8.18. The summed E-state index contributed by atoms with van der Waals surface area (Å²) in [5.41, 5.74) is 0.660. The molecule has 8 heteroatoms. The fourth-order valence-corrected chi connectivity index (χ4v) is 3.06. The SMILES string of the molecule is CC1Oc2c(cccc2C(=O)N(CC(=O)O)C2CCOCC2)NC1=O. The topological polar surface area (TPSA) is 105 Å². The number of hydrogen-bond acceptors (Lipinski definition) is 5. The van der Waals surface area contributed by atoms with Crippen molar-refractivity contribution in [2.45, 2.75) is 31.9 Å². The van der Waals surface area contributed by atoms with Gasteiger partial charge in [0.2, 0.25) is 0 Å². The van der Waals surface area contributed by atoms with E-state index in [1.807, 2.05) is 0 Å². The number of fused-ring (bicyclic) bond motifs is 1. The smallest absolute Gasteiger partial charge is 0.323 e.